The molecule has 16 heteroatoms. The maximum absolute atomic E-state index is 13.0. The van der Waals surface area contributed by atoms with Crippen molar-refractivity contribution in [3.63, 3.8) is 0 Å². The first-order valence-corrected chi connectivity index (χ1v) is 25.7. The Morgan fingerprint density at radius 3 is 2.18 bits per heavy atom. The van der Waals surface area contributed by atoms with Gasteiger partial charge in [-0.15, -0.1) is 0 Å². The first-order chi connectivity index (χ1) is 30.1. The zero-order chi connectivity index (χ0) is 47.9. The predicted molar refractivity (Wildman–Crippen MR) is 257 cm³/mol. The average molecular weight is 933 g/mol. The van der Waals surface area contributed by atoms with Gasteiger partial charge in [-0.05, 0) is 86.2 Å². The number of aliphatic carboxylic acids is 1. The molecular weight excluding hydrogens is 863 g/mol. The second-order valence-electron chi connectivity index (χ2n) is 20.9. The van der Waals surface area contributed by atoms with Crippen molar-refractivity contribution in [2.24, 2.45) is 0 Å². The van der Waals surface area contributed by atoms with E-state index < -0.39 is 42.8 Å². The molecule has 352 valence electrons. The van der Waals surface area contributed by atoms with Crippen LogP contribution >= 0.6 is 0 Å². The summed E-state index contributed by atoms with van der Waals surface area (Å²) in [5.41, 5.74) is 7.69. The number of nitrogens with zero attached hydrogens (tertiary/aromatic N) is 5. The number of hydrogen-bond acceptors (Lipinski definition) is 8. The number of nitrogens with one attached hydrogen (secondary N) is 2. The van der Waals surface area contributed by atoms with Crippen LogP contribution in [0.15, 0.2) is 106 Å². The van der Waals surface area contributed by atoms with E-state index in [4.69, 9.17) is 0 Å². The number of hydrogen-bond donors (Lipinski definition) is 4. The molecule has 3 aliphatic rings. The third-order valence-corrected chi connectivity index (χ3v) is 14.8. The van der Waals surface area contributed by atoms with Crippen molar-refractivity contribution in [2.45, 2.75) is 92.9 Å². The normalized spacial score (nSPS) is 19.4. The maximum Gasteiger partial charge on any atom is 0.326 e. The summed E-state index contributed by atoms with van der Waals surface area (Å²) >= 11 is 0. The first-order valence-electron chi connectivity index (χ1n) is 22.4. The number of H-pyrrole nitrogens is 1. The molecule has 4 N–H and O–H groups in total. The van der Waals surface area contributed by atoms with Gasteiger partial charge >= 0.3 is 5.97 Å². The molecule has 0 saturated carbocycles. The lowest BCUT2D eigenvalue weighted by Gasteiger charge is -2.30. The van der Waals surface area contributed by atoms with E-state index >= 15 is 0 Å². The average Bonchev–Trinajstić information content (AvgIpc) is 3.83. The molecule has 0 fully saturated rings. The molecule has 6 rings (SSSR count). The number of carbonyl (C=O) groups is 1. The largest absolute Gasteiger partial charge is 0.480 e. The number of aromatic nitrogens is 2. The molecule has 1 atom stereocenters. The van der Waals surface area contributed by atoms with E-state index in [2.05, 4.69) is 119 Å². The van der Waals surface area contributed by atoms with Crippen molar-refractivity contribution in [3.05, 3.63) is 113 Å². The highest BCUT2D eigenvalue weighted by atomic mass is 32.2. The van der Waals surface area contributed by atoms with Gasteiger partial charge in [0.05, 0.1) is 83.3 Å². The minimum absolute atomic E-state index is 0.153. The van der Waals surface area contributed by atoms with Crippen LogP contribution in [0.3, 0.4) is 0 Å². The van der Waals surface area contributed by atoms with Gasteiger partial charge in [0, 0.05) is 77.7 Å². The summed E-state index contributed by atoms with van der Waals surface area (Å²) in [6.07, 6.45) is 16.9. The number of benzene rings is 2. The van der Waals surface area contributed by atoms with Crippen molar-refractivity contribution in [1.82, 2.24) is 15.3 Å². The van der Waals surface area contributed by atoms with E-state index in [0.717, 1.165) is 98.6 Å². The van der Waals surface area contributed by atoms with Crippen molar-refractivity contribution in [3.8, 4) is 0 Å². The number of imidazole rings is 1. The third-order valence-electron chi connectivity index (χ3n) is 12.9. The fourth-order valence-corrected chi connectivity index (χ4v) is 10.5. The summed E-state index contributed by atoms with van der Waals surface area (Å²) in [6.45, 7) is 11.6. The number of allylic oxidation sites excluding steroid dienone is 7. The number of carboxylic acids is 1. The molecule has 65 heavy (non-hydrogen) atoms. The van der Waals surface area contributed by atoms with Gasteiger partial charge in [-0.3, -0.25) is 4.55 Å². The van der Waals surface area contributed by atoms with Crippen LogP contribution in [0.2, 0.25) is 0 Å². The molecule has 3 aromatic rings. The number of sulfone groups is 1. The highest BCUT2D eigenvalue weighted by Crippen LogP contribution is 2.49. The summed E-state index contributed by atoms with van der Waals surface area (Å²) in [5, 5.41) is 14.1. The molecule has 1 aliphatic carbocycles. The Bertz CT molecular complexity index is 2700. The van der Waals surface area contributed by atoms with E-state index in [1.807, 2.05) is 12.1 Å². The topological polar surface area (TPSA) is 173 Å². The first kappa shape index (κ1) is 49.6. The molecule has 1 unspecified atom stereocenters. The minimum atomic E-state index is -4.44. The van der Waals surface area contributed by atoms with Gasteiger partial charge in [0.1, 0.15) is 6.04 Å². The molecule has 2 aliphatic heterocycles. The summed E-state index contributed by atoms with van der Waals surface area (Å²) in [6, 6.07) is 9.24. The molecule has 2 aromatic carbocycles. The number of quaternary nitrogens is 2. The summed E-state index contributed by atoms with van der Waals surface area (Å²) < 4.78 is 64.0. The minimum Gasteiger partial charge on any atom is -0.480 e. The second kappa shape index (κ2) is 18.4. The van der Waals surface area contributed by atoms with Crippen molar-refractivity contribution in [1.29, 1.82) is 0 Å². The van der Waals surface area contributed by atoms with E-state index in [9.17, 15) is 31.3 Å². The fourth-order valence-electron chi connectivity index (χ4n) is 9.38. The van der Waals surface area contributed by atoms with Crippen molar-refractivity contribution < 1.29 is 44.8 Å². The van der Waals surface area contributed by atoms with Gasteiger partial charge < -0.3 is 29.3 Å². The third kappa shape index (κ3) is 11.4. The Morgan fingerprint density at radius 1 is 0.908 bits per heavy atom. The Labute approximate surface area is 386 Å². The van der Waals surface area contributed by atoms with Crippen LogP contribution in [0.5, 0.6) is 0 Å². The Morgan fingerprint density at radius 2 is 1.57 bits per heavy atom. The van der Waals surface area contributed by atoms with Crippen LogP contribution in [-0.4, -0.2) is 142 Å². The van der Waals surface area contributed by atoms with Crippen LogP contribution in [0, 0.1) is 0 Å². The highest BCUT2D eigenvalue weighted by molar-refractivity contribution is 7.90. The maximum atomic E-state index is 13.0. The standard InChI is InChI=1S/C49H67N7O7S2/c1-48(2)39-30-37(64(11,59)60)19-21-42(39)53(25-13-27-55(5,6)7)44(48)23-17-34-15-12-16-35(46(34)52-41(47(57)58)29-36-32-50-33-51-36)18-24-45-49(3,4)40-31-38(65(61,62)63)20-22-43(40)54(45)26-14-28-56(8,9)10/h17-24,30-33,41H,12-16,25-29H2,1-11H3,(H-2,50,51,57,58,61,62,63)/p+3/b34-17+,44-23+. The molecule has 0 spiro atoms. The Hall–Kier alpha value is -4.87. The number of anilines is 1. The van der Waals surface area contributed by atoms with Crippen LogP contribution in [0.25, 0.3) is 0 Å². The Balaban J connectivity index is 1.50. The highest BCUT2D eigenvalue weighted by Gasteiger charge is 2.45. The molecule has 3 heterocycles. The predicted octanol–water partition coefficient (Wildman–Crippen LogP) is 6.52. The van der Waals surface area contributed by atoms with Gasteiger partial charge in [0.15, 0.2) is 22.1 Å². The quantitative estimate of drug-likeness (QED) is 0.0626. The molecule has 0 bridgehead atoms. The van der Waals surface area contributed by atoms with Crippen molar-refractivity contribution in [2.75, 3.05) is 79.6 Å². The lowest BCUT2D eigenvalue weighted by Crippen LogP contribution is -2.39. The zero-order valence-electron chi connectivity index (χ0n) is 40.1. The van der Waals surface area contributed by atoms with E-state index in [-0.39, 0.29) is 16.2 Å². The second-order valence-corrected chi connectivity index (χ2v) is 24.4. The van der Waals surface area contributed by atoms with E-state index in [1.54, 1.807) is 24.4 Å². The lowest BCUT2D eigenvalue weighted by atomic mass is 9.81. The molecular formula is C49H70N7O7S2+3. The van der Waals surface area contributed by atoms with Crippen LogP contribution < -0.4 is 10.2 Å². The van der Waals surface area contributed by atoms with Gasteiger partial charge in [-0.1, -0.05) is 26.0 Å². The molecule has 14 nitrogen and oxygen atoms in total. The summed E-state index contributed by atoms with van der Waals surface area (Å²) in [7, 11) is 5.07. The van der Waals surface area contributed by atoms with Crippen LogP contribution in [-0.2, 0) is 42.0 Å². The smallest absolute Gasteiger partial charge is 0.326 e. The van der Waals surface area contributed by atoms with E-state index in [0.29, 0.717) is 25.1 Å². The van der Waals surface area contributed by atoms with Gasteiger partial charge in [-0.2, -0.15) is 13.0 Å². The summed E-state index contributed by atoms with van der Waals surface area (Å²) in [5.74, 6) is -1.00. The molecule has 0 saturated heterocycles. The van der Waals surface area contributed by atoms with Gasteiger partial charge in [-0.25, -0.2) is 18.2 Å². The summed E-state index contributed by atoms with van der Waals surface area (Å²) in [4.78, 5) is 22.6. The Kier molecular flexibility index (Phi) is 14.1. The van der Waals surface area contributed by atoms with Crippen LogP contribution in [0.4, 0.5) is 11.4 Å². The van der Waals surface area contributed by atoms with Crippen LogP contribution in [0.1, 0.15) is 76.6 Å². The SMILES string of the molecule is CC1(C)C(/C=C/C2=C(NC(Cc3cnc[nH]3)C(=O)O)C(=C/C=C3/N(CCC[N+](C)(C)C)c4ccc(S(C)(=O)=O)cc4C3(C)C)/CCC2)=[N+](CCC[N+](C)(C)C)c2ccc(S(=O)(=O)O)cc21. The number of carboxylic acid groups (broad SMARTS) is 1. The van der Waals surface area contributed by atoms with Gasteiger partial charge in [0.2, 0.25) is 5.69 Å². The van der Waals surface area contributed by atoms with E-state index in [1.165, 1.54) is 18.6 Å². The monoisotopic (exact) mass is 932 g/mol. The number of aromatic amines is 1. The molecule has 1 aromatic heterocycles. The van der Waals surface area contributed by atoms with Gasteiger partial charge in [0.25, 0.3) is 10.1 Å². The lowest BCUT2D eigenvalue weighted by molar-refractivity contribution is -0.871. The fraction of sp³-hybridized carbons (Fsp3) is 0.490. The number of fused-ring (bicyclic) bond motifs is 2. The molecule has 0 radical (unpaired) electrons. The number of rotatable bonds is 18. The van der Waals surface area contributed by atoms with Crippen molar-refractivity contribution >= 4 is 43.0 Å². The molecule has 0 amide bonds. The zero-order valence-corrected chi connectivity index (χ0v) is 41.7.